The topological polar surface area (TPSA) is 127 Å². The van der Waals surface area contributed by atoms with Crippen LogP contribution in [0.15, 0.2) is 29.2 Å². The van der Waals surface area contributed by atoms with Gasteiger partial charge in [0.1, 0.15) is 6.04 Å². The summed E-state index contributed by atoms with van der Waals surface area (Å²) in [6, 6.07) is 4.94. The lowest BCUT2D eigenvalue weighted by atomic mass is 10.0. The van der Waals surface area contributed by atoms with Crippen LogP contribution >= 0.6 is 0 Å². The number of carbonyl (C=O) groups is 2. The van der Waals surface area contributed by atoms with E-state index in [1.165, 1.54) is 24.3 Å². The van der Waals surface area contributed by atoms with Crippen LogP contribution in [0.1, 0.15) is 25.8 Å². The van der Waals surface area contributed by atoms with E-state index in [1.807, 2.05) is 13.8 Å². The highest BCUT2D eigenvalue weighted by Gasteiger charge is 2.19. The molecule has 0 fully saturated rings. The maximum Gasteiger partial charge on any atom is 0.320 e. The molecule has 0 saturated carbocycles. The minimum Gasteiger partial charge on any atom is -0.480 e. The SMILES string of the molecule is CC(C)CC(NCC(=O)Cc1ccc(S(N)(=O)=O)cc1)C(=O)O. The van der Waals surface area contributed by atoms with Crippen molar-refractivity contribution in [3.8, 4) is 0 Å². The summed E-state index contributed by atoms with van der Waals surface area (Å²) < 4.78 is 22.3. The summed E-state index contributed by atoms with van der Waals surface area (Å²) in [5.41, 5.74) is 0.639. The first-order valence-corrected chi connectivity index (χ1v) is 8.74. The van der Waals surface area contributed by atoms with E-state index >= 15 is 0 Å². The third-order valence-electron chi connectivity index (χ3n) is 3.20. The molecule has 0 aliphatic heterocycles. The standard InChI is InChI=1S/C15H22N2O5S/c1-10(2)7-14(15(19)20)17-9-12(18)8-11-3-5-13(6-4-11)23(16,21)22/h3-6,10,14,17H,7-9H2,1-2H3,(H,19,20)(H2,16,21,22). The van der Waals surface area contributed by atoms with Crippen molar-refractivity contribution in [2.24, 2.45) is 11.1 Å². The fourth-order valence-electron chi connectivity index (χ4n) is 2.07. The van der Waals surface area contributed by atoms with Crippen molar-refractivity contribution < 1.29 is 23.1 Å². The molecule has 7 nitrogen and oxygen atoms in total. The van der Waals surface area contributed by atoms with Gasteiger partial charge in [-0.15, -0.1) is 0 Å². The fraction of sp³-hybridized carbons (Fsp3) is 0.467. The number of carboxylic acids is 1. The number of aliphatic carboxylic acids is 1. The van der Waals surface area contributed by atoms with E-state index in [4.69, 9.17) is 10.2 Å². The number of primary sulfonamides is 1. The Hall–Kier alpha value is -1.77. The third kappa shape index (κ3) is 6.89. The van der Waals surface area contributed by atoms with Gasteiger partial charge in [0.05, 0.1) is 11.4 Å². The lowest BCUT2D eigenvalue weighted by molar-refractivity contribution is -0.140. The third-order valence-corrected chi connectivity index (χ3v) is 4.13. The monoisotopic (exact) mass is 342 g/mol. The smallest absolute Gasteiger partial charge is 0.320 e. The first-order chi connectivity index (χ1) is 10.6. The van der Waals surface area contributed by atoms with E-state index in [-0.39, 0.29) is 29.6 Å². The molecule has 0 aromatic heterocycles. The van der Waals surface area contributed by atoms with Gasteiger partial charge < -0.3 is 5.11 Å². The molecule has 4 N–H and O–H groups in total. The number of Topliss-reactive ketones (excluding diaryl/α,β-unsaturated/α-hetero) is 1. The van der Waals surface area contributed by atoms with E-state index in [0.717, 1.165) is 0 Å². The molecule has 128 valence electrons. The Bertz CT molecular complexity index is 653. The molecule has 0 saturated heterocycles. The summed E-state index contributed by atoms with van der Waals surface area (Å²) in [6.07, 6.45) is 0.525. The Labute approximate surface area is 135 Å². The minimum absolute atomic E-state index is 0.0188. The van der Waals surface area contributed by atoms with Crippen molar-refractivity contribution in [1.82, 2.24) is 5.32 Å². The number of sulfonamides is 1. The number of rotatable bonds is 9. The Morgan fingerprint density at radius 3 is 2.22 bits per heavy atom. The van der Waals surface area contributed by atoms with Gasteiger partial charge in [-0.05, 0) is 30.0 Å². The summed E-state index contributed by atoms with van der Waals surface area (Å²) in [6.45, 7) is 3.76. The van der Waals surface area contributed by atoms with Crippen molar-refractivity contribution in [2.75, 3.05) is 6.54 Å². The van der Waals surface area contributed by atoms with Crippen LogP contribution in [-0.4, -0.2) is 37.9 Å². The highest BCUT2D eigenvalue weighted by Crippen LogP contribution is 2.10. The molecule has 1 atom stereocenters. The number of hydrogen-bond donors (Lipinski definition) is 3. The first-order valence-electron chi connectivity index (χ1n) is 7.19. The average Bonchev–Trinajstić information content (AvgIpc) is 2.42. The van der Waals surface area contributed by atoms with Crippen LogP contribution < -0.4 is 10.5 Å². The average molecular weight is 342 g/mol. The second-order valence-electron chi connectivity index (χ2n) is 5.81. The molecule has 0 radical (unpaired) electrons. The molecular weight excluding hydrogens is 320 g/mol. The second kappa shape index (κ2) is 8.19. The zero-order valence-corrected chi connectivity index (χ0v) is 14.0. The Balaban J connectivity index is 2.58. The van der Waals surface area contributed by atoms with Crippen LogP contribution in [-0.2, 0) is 26.0 Å². The van der Waals surface area contributed by atoms with Gasteiger partial charge in [-0.2, -0.15) is 0 Å². The number of carboxylic acid groups (broad SMARTS) is 1. The van der Waals surface area contributed by atoms with Crippen molar-refractivity contribution in [3.05, 3.63) is 29.8 Å². The van der Waals surface area contributed by atoms with Crippen LogP contribution in [0.2, 0.25) is 0 Å². The number of carbonyl (C=O) groups excluding carboxylic acids is 1. The van der Waals surface area contributed by atoms with Crippen LogP contribution in [0.5, 0.6) is 0 Å². The highest BCUT2D eigenvalue weighted by atomic mass is 32.2. The number of benzene rings is 1. The van der Waals surface area contributed by atoms with E-state index in [2.05, 4.69) is 5.32 Å². The summed E-state index contributed by atoms with van der Waals surface area (Å²) in [7, 11) is -3.75. The van der Waals surface area contributed by atoms with Crippen LogP contribution in [0, 0.1) is 5.92 Å². The number of nitrogens with two attached hydrogens (primary N) is 1. The van der Waals surface area contributed by atoms with Crippen molar-refractivity contribution in [1.29, 1.82) is 0 Å². The minimum atomic E-state index is -3.75. The normalized spacial score (nSPS) is 13.0. The van der Waals surface area contributed by atoms with Gasteiger partial charge in [-0.1, -0.05) is 26.0 Å². The van der Waals surface area contributed by atoms with Crippen molar-refractivity contribution in [3.63, 3.8) is 0 Å². The molecule has 0 heterocycles. The molecule has 23 heavy (non-hydrogen) atoms. The molecule has 0 amide bonds. The maximum absolute atomic E-state index is 11.9. The second-order valence-corrected chi connectivity index (χ2v) is 7.37. The predicted octanol–water partition coefficient (Wildman–Crippen LogP) is 0.535. The van der Waals surface area contributed by atoms with E-state index in [9.17, 15) is 18.0 Å². The Kier molecular flexibility index (Phi) is 6.86. The summed E-state index contributed by atoms with van der Waals surface area (Å²) >= 11 is 0. The van der Waals surface area contributed by atoms with Gasteiger partial charge in [0.2, 0.25) is 10.0 Å². The fourth-order valence-corrected chi connectivity index (χ4v) is 2.58. The summed E-state index contributed by atoms with van der Waals surface area (Å²) in [5.74, 6) is -0.961. The Morgan fingerprint density at radius 2 is 1.78 bits per heavy atom. The quantitative estimate of drug-likeness (QED) is 0.601. The van der Waals surface area contributed by atoms with Gasteiger partial charge in [0.25, 0.3) is 0 Å². The number of nitrogens with one attached hydrogen (secondary N) is 1. The van der Waals surface area contributed by atoms with Crippen molar-refractivity contribution >= 4 is 21.8 Å². The van der Waals surface area contributed by atoms with E-state index in [0.29, 0.717) is 12.0 Å². The molecule has 0 spiro atoms. The van der Waals surface area contributed by atoms with Gasteiger partial charge in [0, 0.05) is 6.42 Å². The van der Waals surface area contributed by atoms with Crippen LogP contribution in [0.25, 0.3) is 0 Å². The van der Waals surface area contributed by atoms with E-state index in [1.54, 1.807) is 0 Å². The summed E-state index contributed by atoms with van der Waals surface area (Å²) in [5, 5.41) is 16.8. The lowest BCUT2D eigenvalue weighted by Gasteiger charge is -2.15. The van der Waals surface area contributed by atoms with Gasteiger partial charge in [0.15, 0.2) is 5.78 Å². The van der Waals surface area contributed by atoms with Gasteiger partial charge >= 0.3 is 5.97 Å². The molecule has 1 aromatic carbocycles. The highest BCUT2D eigenvalue weighted by molar-refractivity contribution is 7.89. The molecular formula is C15H22N2O5S. The number of hydrogen-bond acceptors (Lipinski definition) is 5. The zero-order valence-electron chi connectivity index (χ0n) is 13.2. The zero-order chi connectivity index (χ0) is 17.6. The molecule has 0 aliphatic carbocycles. The van der Waals surface area contributed by atoms with Gasteiger partial charge in [-0.3, -0.25) is 14.9 Å². The molecule has 1 aromatic rings. The van der Waals surface area contributed by atoms with Gasteiger partial charge in [-0.25, -0.2) is 13.6 Å². The molecule has 1 rings (SSSR count). The molecule has 1 unspecified atom stereocenters. The van der Waals surface area contributed by atoms with Crippen LogP contribution in [0.3, 0.4) is 0 Å². The maximum atomic E-state index is 11.9. The first kappa shape index (κ1) is 19.3. The van der Waals surface area contributed by atoms with E-state index < -0.39 is 22.0 Å². The molecule has 8 heteroatoms. The lowest BCUT2D eigenvalue weighted by Crippen LogP contribution is -2.40. The number of ketones is 1. The molecule has 0 bridgehead atoms. The largest absolute Gasteiger partial charge is 0.480 e. The molecule has 0 aliphatic rings. The Morgan fingerprint density at radius 1 is 1.22 bits per heavy atom. The summed E-state index contributed by atoms with van der Waals surface area (Å²) in [4.78, 5) is 23.0. The van der Waals surface area contributed by atoms with Crippen LogP contribution in [0.4, 0.5) is 0 Å². The van der Waals surface area contributed by atoms with Crippen molar-refractivity contribution in [2.45, 2.75) is 37.6 Å². The predicted molar refractivity (Wildman–Crippen MR) is 85.4 cm³/mol.